The fraction of sp³-hybridized carbons (Fsp3) is 0.0345. The number of hydrogen-bond donors (Lipinski definition) is 0. The van der Waals surface area contributed by atoms with E-state index in [9.17, 15) is 10.5 Å². The molecule has 0 saturated carbocycles. The molecule has 0 fully saturated rings. The molecule has 0 amide bonds. The molecule has 0 heterocycles. The molecule has 0 bridgehead atoms. The smallest absolute Gasteiger partial charge is 0.100 e. The van der Waals surface area contributed by atoms with Crippen molar-refractivity contribution in [2.75, 3.05) is 9.80 Å². The molecule has 9 aromatic rings. The van der Waals surface area contributed by atoms with Gasteiger partial charge >= 0.3 is 0 Å². The lowest BCUT2D eigenvalue weighted by molar-refractivity contribution is 1.27. The summed E-state index contributed by atoms with van der Waals surface area (Å²) < 4.78 is 0. The van der Waals surface area contributed by atoms with Gasteiger partial charge in [0.2, 0.25) is 0 Å². The van der Waals surface area contributed by atoms with Crippen molar-refractivity contribution in [3.8, 4) is 12.1 Å². The Labute approximate surface area is 363 Å². The fourth-order valence-electron chi connectivity index (χ4n) is 8.00. The van der Waals surface area contributed by atoms with Gasteiger partial charge in [-0.3, -0.25) is 0 Å². The highest BCUT2D eigenvalue weighted by atomic mass is 15.1. The number of para-hydroxylation sites is 2. The number of nitrogens with zero attached hydrogens (tertiary/aromatic N) is 4. The monoisotopic (exact) mass is 794 g/mol. The molecule has 0 radical (unpaired) electrons. The first-order valence-corrected chi connectivity index (χ1v) is 20.7. The summed E-state index contributed by atoms with van der Waals surface area (Å²) in [4.78, 5) is 4.50. The van der Waals surface area contributed by atoms with Crippen LogP contribution in [-0.4, -0.2) is 0 Å². The van der Waals surface area contributed by atoms with Crippen LogP contribution in [0.1, 0.15) is 44.5 Å². The number of anilines is 6. The van der Waals surface area contributed by atoms with Crippen molar-refractivity contribution < 1.29 is 0 Å². The molecule has 0 saturated heterocycles. The lowest BCUT2D eigenvalue weighted by Gasteiger charge is -2.25. The van der Waals surface area contributed by atoms with E-state index in [1.54, 1.807) is 0 Å². The average Bonchev–Trinajstić information content (AvgIpc) is 3.32. The van der Waals surface area contributed by atoms with E-state index in [4.69, 9.17) is 0 Å². The van der Waals surface area contributed by atoms with Crippen LogP contribution in [0.2, 0.25) is 0 Å². The Balaban J connectivity index is 0.972. The molecule has 0 N–H and O–H groups in total. The van der Waals surface area contributed by atoms with Gasteiger partial charge in [0.1, 0.15) is 12.1 Å². The van der Waals surface area contributed by atoms with E-state index in [0.29, 0.717) is 11.1 Å². The third-order valence-corrected chi connectivity index (χ3v) is 11.2. The highest BCUT2D eigenvalue weighted by Gasteiger charge is 2.16. The maximum Gasteiger partial charge on any atom is 0.100 e. The zero-order chi connectivity index (χ0) is 42.4. The summed E-state index contributed by atoms with van der Waals surface area (Å²) >= 11 is 0. The van der Waals surface area contributed by atoms with Crippen molar-refractivity contribution in [3.63, 3.8) is 0 Å². The van der Waals surface area contributed by atoms with Crippen LogP contribution in [0.25, 0.3) is 45.8 Å². The molecular weight excluding hydrogens is 753 g/mol. The number of hydrogen-bond acceptors (Lipinski definition) is 4. The van der Waals surface area contributed by atoms with Gasteiger partial charge in [0.05, 0.1) is 11.1 Å². The lowest BCUT2D eigenvalue weighted by atomic mass is 9.90. The third kappa shape index (κ3) is 8.10. The van der Waals surface area contributed by atoms with Crippen LogP contribution in [0.5, 0.6) is 0 Å². The molecule has 62 heavy (non-hydrogen) atoms. The predicted octanol–water partition coefficient (Wildman–Crippen LogP) is 15.6. The van der Waals surface area contributed by atoms with Crippen molar-refractivity contribution in [1.82, 2.24) is 0 Å². The minimum Gasteiger partial charge on any atom is -0.311 e. The second-order valence-electron chi connectivity index (χ2n) is 15.4. The van der Waals surface area contributed by atoms with Gasteiger partial charge in [0, 0.05) is 55.7 Å². The first-order valence-electron chi connectivity index (χ1n) is 20.7. The van der Waals surface area contributed by atoms with Crippen LogP contribution in [-0.2, 0) is 0 Å². The minimum absolute atomic E-state index is 0.563. The molecule has 9 aromatic carbocycles. The summed E-state index contributed by atoms with van der Waals surface area (Å²) in [5.74, 6) is 0. The molecule has 0 spiro atoms. The first-order chi connectivity index (χ1) is 30.4. The van der Waals surface area contributed by atoms with Crippen LogP contribution >= 0.6 is 0 Å². The lowest BCUT2D eigenvalue weighted by Crippen LogP contribution is -2.09. The van der Waals surface area contributed by atoms with E-state index in [1.807, 2.05) is 48.5 Å². The molecule has 0 atom stereocenters. The predicted molar refractivity (Wildman–Crippen MR) is 260 cm³/mol. The zero-order valence-electron chi connectivity index (χ0n) is 34.6. The normalized spacial score (nSPS) is 11.2. The minimum atomic E-state index is 0.563. The van der Waals surface area contributed by atoms with E-state index in [-0.39, 0.29) is 0 Å². The third-order valence-electron chi connectivity index (χ3n) is 11.2. The molecule has 0 unspecified atom stereocenters. The Hall–Kier alpha value is -8.44. The summed E-state index contributed by atoms with van der Waals surface area (Å²) in [5.41, 5.74) is 14.1. The second-order valence-corrected chi connectivity index (χ2v) is 15.4. The average molecular weight is 795 g/mol. The van der Waals surface area contributed by atoms with E-state index in [1.165, 1.54) is 11.1 Å². The SMILES string of the molecule is Cc1ccc(N(c2ccccc2)c2ccc(C=Cc3ccc4c(C#N)c5cc(C=Cc6ccc(N(c7ccccc7)c7ccc(C)cc7)cc6)ccc5c(C#N)c4c3)cc2)cc1. The van der Waals surface area contributed by atoms with Gasteiger partial charge in [-0.2, -0.15) is 10.5 Å². The molecular formula is C58H42N4. The number of nitriles is 2. The van der Waals surface area contributed by atoms with Gasteiger partial charge in [0.15, 0.2) is 0 Å². The van der Waals surface area contributed by atoms with Crippen molar-refractivity contribution in [2.24, 2.45) is 0 Å². The summed E-state index contributed by atoms with van der Waals surface area (Å²) in [7, 11) is 0. The molecule has 0 aliphatic carbocycles. The molecule has 294 valence electrons. The van der Waals surface area contributed by atoms with Crippen LogP contribution in [0.15, 0.2) is 194 Å². The molecule has 0 aliphatic heterocycles. The number of benzene rings is 9. The van der Waals surface area contributed by atoms with E-state index in [0.717, 1.165) is 77.9 Å². The summed E-state index contributed by atoms with van der Waals surface area (Å²) in [6.45, 7) is 4.20. The van der Waals surface area contributed by atoms with Crippen molar-refractivity contribution in [2.45, 2.75) is 13.8 Å². The Morgan fingerprint density at radius 3 is 0.952 bits per heavy atom. The molecule has 9 rings (SSSR count). The zero-order valence-corrected chi connectivity index (χ0v) is 34.6. The van der Waals surface area contributed by atoms with Crippen molar-refractivity contribution >= 4 is 80.0 Å². The molecule has 4 nitrogen and oxygen atoms in total. The molecule has 0 aliphatic rings. The first kappa shape index (κ1) is 39.0. The fourth-order valence-corrected chi connectivity index (χ4v) is 8.00. The van der Waals surface area contributed by atoms with Gasteiger partial charge in [-0.15, -0.1) is 0 Å². The Morgan fingerprint density at radius 2 is 0.613 bits per heavy atom. The highest BCUT2D eigenvalue weighted by Crippen LogP contribution is 2.38. The summed E-state index contributed by atoms with van der Waals surface area (Å²) in [6.07, 6.45) is 8.28. The van der Waals surface area contributed by atoms with E-state index < -0.39 is 0 Å². The maximum absolute atomic E-state index is 10.5. The van der Waals surface area contributed by atoms with Gasteiger partial charge in [-0.25, -0.2) is 0 Å². The summed E-state index contributed by atoms with van der Waals surface area (Å²) in [5, 5.41) is 24.1. The topological polar surface area (TPSA) is 54.1 Å². The van der Waals surface area contributed by atoms with Crippen LogP contribution in [0, 0.1) is 36.5 Å². The van der Waals surface area contributed by atoms with Gasteiger partial charge in [0.25, 0.3) is 0 Å². The maximum atomic E-state index is 10.5. The van der Waals surface area contributed by atoms with Crippen molar-refractivity contribution in [1.29, 1.82) is 10.5 Å². The van der Waals surface area contributed by atoms with Gasteiger partial charge < -0.3 is 9.80 Å². The number of rotatable bonds is 10. The molecule has 4 heteroatoms. The van der Waals surface area contributed by atoms with Gasteiger partial charge in [-0.1, -0.05) is 145 Å². The van der Waals surface area contributed by atoms with Crippen molar-refractivity contribution in [3.05, 3.63) is 239 Å². The van der Waals surface area contributed by atoms with E-state index in [2.05, 4.69) is 206 Å². The Morgan fingerprint density at radius 1 is 0.323 bits per heavy atom. The number of aryl methyl sites for hydroxylation is 2. The Bertz CT molecular complexity index is 2950. The van der Waals surface area contributed by atoms with Crippen LogP contribution in [0.3, 0.4) is 0 Å². The van der Waals surface area contributed by atoms with Gasteiger partial charge in [-0.05, 0) is 121 Å². The Kier molecular flexibility index (Phi) is 11.0. The second kappa shape index (κ2) is 17.4. The highest BCUT2D eigenvalue weighted by molar-refractivity contribution is 6.10. The summed E-state index contributed by atoms with van der Waals surface area (Å²) in [6, 6.07) is 71.9. The standard InChI is InChI=1S/C58H42N4/c1-41-13-27-49(28-14-41)61(47-9-5-3-6-10-47)51-31-21-43(22-32-51)17-19-45-25-35-53-55(37-45)57(39-59)54-36-26-46(38-56(54)58(53)40-60)20-18-44-23-33-52(34-24-44)62(48-11-7-4-8-12-48)50-29-15-42(2)16-30-50/h3-38H,1-2H3. The number of fused-ring (bicyclic) bond motifs is 2. The van der Waals surface area contributed by atoms with Crippen LogP contribution in [0.4, 0.5) is 34.1 Å². The largest absolute Gasteiger partial charge is 0.311 e. The quantitative estimate of drug-likeness (QED) is 0.102. The van der Waals surface area contributed by atoms with E-state index >= 15 is 0 Å². The van der Waals surface area contributed by atoms with Crippen LogP contribution < -0.4 is 9.80 Å². The molecule has 0 aromatic heterocycles.